The van der Waals surface area contributed by atoms with Crippen LogP contribution in [0.3, 0.4) is 0 Å². The minimum atomic E-state index is -5.64. The van der Waals surface area contributed by atoms with Crippen molar-refractivity contribution in [3.63, 3.8) is 0 Å². The van der Waals surface area contributed by atoms with Crippen LogP contribution in [0, 0.1) is 6.92 Å². The number of nitrogens with zero attached hydrogens (tertiary/aromatic N) is 10. The molecule has 3 unspecified atom stereocenters. The molecule has 86 heavy (non-hydrogen) atoms. The Hall–Kier alpha value is -6.02. The van der Waals surface area contributed by atoms with E-state index in [1.807, 2.05) is 4.98 Å². The van der Waals surface area contributed by atoms with Gasteiger partial charge in [-0.15, -0.1) is 0 Å². The molecule has 0 aliphatic carbocycles. The Morgan fingerprint density at radius 1 is 0.605 bits per heavy atom. The molecule has 17 N–H and O–H groups in total. The van der Waals surface area contributed by atoms with Crippen molar-refractivity contribution in [1.82, 2.24) is 58.1 Å². The number of aromatic amines is 2. The van der Waals surface area contributed by atoms with Crippen LogP contribution in [0.2, 0.25) is 0 Å². The predicted octanol–water partition coefficient (Wildman–Crippen LogP) is -5.14. The highest BCUT2D eigenvalue weighted by Crippen LogP contribution is 2.54. The Labute approximate surface area is 475 Å². The van der Waals surface area contributed by atoms with E-state index in [2.05, 4.69) is 39.4 Å². The van der Waals surface area contributed by atoms with Crippen molar-refractivity contribution < 1.29 is 114 Å². The van der Waals surface area contributed by atoms with Crippen LogP contribution in [0.25, 0.3) is 22.3 Å². The number of hydrogen-bond donors (Lipinski definition) is 14. The summed E-state index contributed by atoms with van der Waals surface area (Å²) in [5.74, 6) is -0.721. The fourth-order valence-electron chi connectivity index (χ4n) is 9.50. The van der Waals surface area contributed by atoms with E-state index in [0.717, 1.165) is 49.6 Å². The van der Waals surface area contributed by atoms with Gasteiger partial charge in [-0.2, -0.15) is 9.97 Å². The van der Waals surface area contributed by atoms with Gasteiger partial charge in [0.2, 0.25) is 5.95 Å². The SMILES string of the molecule is Cc1cn([C@H]2C[C@H](OP(=O)(O)OC[C@H]3O[C@@H](n4cnc5c(=O)[nH]c(N)nc54)[C@H](O)[C@@H]3OP(=O)(O)OC[C@H]3O[C@@H](n4ccc(N)nc4=O)[C@H](O)[C@@H]3O)[C@@H](COP(=O)(O)O[C@H]3[C@@H](O)[C@H](n4cnc5c(N)ncnc54)O[C@@H]3COP(=O)(O)O)O2)c(=O)[nH]c1=O. The summed E-state index contributed by atoms with van der Waals surface area (Å²) < 4.78 is 116. The van der Waals surface area contributed by atoms with E-state index in [-0.39, 0.29) is 39.5 Å². The van der Waals surface area contributed by atoms with Gasteiger partial charge in [0.15, 0.2) is 41.3 Å². The second kappa shape index (κ2) is 24.2. The van der Waals surface area contributed by atoms with Crippen LogP contribution in [-0.2, 0) is 68.9 Å². The standard InChI is InChI=1S/C39H51N15O28P4/c1-13-5-52(39(62)50-32(13)59)20-4-14(15(76-20)6-73-85(68,69)81-27-17(8-72-83(63,64)65)78-35(25(27)57)53-11-45-21-29(41)43-10-44-30(21)53)80-84(66,67)75-9-18-28(26(58)36(79-18)54-12-46-22-31(54)48-37(42)49-33(22)60)82-86(70,71)74-7-16-23(55)24(56)34(77-16)51-3-2-19(40)47-38(51)61/h2-3,5,10-12,14-18,20,23-28,34-36,55-58H,4,6-9H2,1H3,(H,66,67)(H,68,69)(H,70,71)(H2,40,47,61)(H2,41,43,44)(H,50,59,62)(H2,63,64,65)(H3,42,48,49,60)/t14-,15+,16+,17+,18+,20+,23+,24+,25+,26+,27+,28+,34+,35+,36+/m0/s1. The first-order valence-corrected chi connectivity index (χ1v) is 30.7. The molecule has 0 saturated carbocycles. The van der Waals surface area contributed by atoms with Crippen molar-refractivity contribution >= 4 is 71.2 Å². The molecule has 0 aromatic carbocycles. The average molecular weight is 1300 g/mol. The molecular formula is C39H51N15O28P4. The molecular weight excluding hydrogens is 1250 g/mol. The first-order valence-electron chi connectivity index (χ1n) is 24.7. The van der Waals surface area contributed by atoms with Gasteiger partial charge in [-0.05, 0) is 13.0 Å². The number of hydrogen-bond acceptors (Lipinski definition) is 32. The molecule has 10 heterocycles. The first-order chi connectivity index (χ1) is 40.4. The highest BCUT2D eigenvalue weighted by molar-refractivity contribution is 7.48. The number of imidazole rings is 2. The Bertz CT molecular complexity index is 3970. The second-order valence-electron chi connectivity index (χ2n) is 19.3. The van der Waals surface area contributed by atoms with Crippen molar-refractivity contribution in [3.8, 4) is 0 Å². The van der Waals surface area contributed by atoms with Gasteiger partial charge >= 0.3 is 42.7 Å². The molecule has 4 saturated heterocycles. The zero-order valence-corrected chi connectivity index (χ0v) is 47.0. The second-order valence-corrected chi connectivity index (χ2v) is 24.7. The Kier molecular flexibility index (Phi) is 17.7. The minimum absolute atomic E-state index is 0.0268. The fraction of sp³-hybridized carbons (Fsp3) is 0.538. The normalized spacial score (nSPS) is 30.9. The number of ether oxygens (including phenoxy) is 4. The minimum Gasteiger partial charge on any atom is -0.387 e. The molecule has 0 amide bonds. The molecule has 10 rings (SSSR count). The Balaban J connectivity index is 0.866. The van der Waals surface area contributed by atoms with Crippen molar-refractivity contribution in [2.45, 2.75) is 105 Å². The summed E-state index contributed by atoms with van der Waals surface area (Å²) in [6.45, 7) is -3.21. The lowest BCUT2D eigenvalue weighted by Crippen LogP contribution is -2.37. The molecule has 0 bridgehead atoms. The van der Waals surface area contributed by atoms with Crippen LogP contribution in [0.5, 0.6) is 0 Å². The Morgan fingerprint density at radius 2 is 1.15 bits per heavy atom. The summed E-state index contributed by atoms with van der Waals surface area (Å²) in [5.41, 5.74) is 12.7. The molecule has 43 nitrogen and oxygen atoms in total. The monoisotopic (exact) mass is 1300 g/mol. The van der Waals surface area contributed by atoms with E-state index in [1.54, 1.807) is 0 Å². The largest absolute Gasteiger partial charge is 0.472 e. The van der Waals surface area contributed by atoms with E-state index >= 15 is 0 Å². The van der Waals surface area contributed by atoms with Crippen LogP contribution < -0.4 is 39.7 Å². The van der Waals surface area contributed by atoms with Crippen LogP contribution in [-0.4, -0.2) is 197 Å². The van der Waals surface area contributed by atoms with Gasteiger partial charge < -0.3 is 81.0 Å². The third-order valence-electron chi connectivity index (χ3n) is 13.5. The highest BCUT2D eigenvalue weighted by Gasteiger charge is 2.54. The number of aromatic nitrogens is 12. The lowest BCUT2D eigenvalue weighted by molar-refractivity contribution is -0.0645. The maximum absolute atomic E-state index is 14.0. The van der Waals surface area contributed by atoms with E-state index in [1.165, 1.54) is 13.0 Å². The Morgan fingerprint density at radius 3 is 1.77 bits per heavy atom. The number of nitrogen functional groups attached to an aromatic ring is 3. The summed E-state index contributed by atoms with van der Waals surface area (Å²) in [4.78, 5) is 130. The summed E-state index contributed by atoms with van der Waals surface area (Å²) >= 11 is 0. The predicted molar refractivity (Wildman–Crippen MR) is 275 cm³/mol. The van der Waals surface area contributed by atoms with Gasteiger partial charge in [0.1, 0.15) is 91.0 Å². The number of anilines is 3. The molecule has 4 aliphatic heterocycles. The van der Waals surface area contributed by atoms with Crippen molar-refractivity contribution in [2.75, 3.05) is 43.6 Å². The third kappa shape index (κ3) is 13.4. The molecule has 18 atom stereocenters. The zero-order valence-electron chi connectivity index (χ0n) is 43.4. The molecule has 6 aromatic rings. The molecule has 4 fully saturated rings. The van der Waals surface area contributed by atoms with Crippen molar-refractivity contribution in [3.05, 3.63) is 84.7 Å². The number of aliphatic hydroxyl groups is 4. The molecule has 0 radical (unpaired) electrons. The molecule has 47 heteroatoms. The van der Waals surface area contributed by atoms with Crippen molar-refractivity contribution in [2.24, 2.45) is 0 Å². The van der Waals surface area contributed by atoms with Gasteiger partial charge in [0.25, 0.3) is 11.1 Å². The van der Waals surface area contributed by atoms with Gasteiger partial charge in [0, 0.05) is 24.4 Å². The topological polar surface area (TPSA) is 627 Å². The van der Waals surface area contributed by atoms with E-state index in [0.29, 0.717) is 0 Å². The third-order valence-corrected chi connectivity index (χ3v) is 17.0. The summed E-state index contributed by atoms with van der Waals surface area (Å²) in [6.07, 6.45) is -23.0. The maximum atomic E-state index is 14.0. The van der Waals surface area contributed by atoms with Gasteiger partial charge in [-0.25, -0.2) is 47.8 Å². The summed E-state index contributed by atoms with van der Waals surface area (Å²) in [6, 6.07) is 1.18. The number of phosphoric acid groups is 4. The van der Waals surface area contributed by atoms with Gasteiger partial charge in [-0.1, -0.05) is 0 Å². The maximum Gasteiger partial charge on any atom is 0.472 e. The smallest absolute Gasteiger partial charge is 0.387 e. The number of phosphoric ester groups is 4. The number of fused-ring (bicyclic) bond motifs is 2. The van der Waals surface area contributed by atoms with Crippen LogP contribution in [0.15, 0.2) is 56.6 Å². The van der Waals surface area contributed by atoms with Crippen LogP contribution >= 0.6 is 31.3 Å². The van der Waals surface area contributed by atoms with Gasteiger partial charge in [-0.3, -0.25) is 69.5 Å². The van der Waals surface area contributed by atoms with E-state index in [4.69, 9.17) is 63.3 Å². The van der Waals surface area contributed by atoms with Crippen LogP contribution in [0.4, 0.5) is 17.6 Å². The molecule has 4 aliphatic rings. The van der Waals surface area contributed by atoms with E-state index in [9.17, 15) is 82.3 Å². The lowest BCUT2D eigenvalue weighted by atomic mass is 10.1. The summed E-state index contributed by atoms with van der Waals surface area (Å²) in [5, 5.41) is 44.6. The molecule has 0 spiro atoms. The number of aryl methyl sites for hydroxylation is 1. The molecule has 470 valence electrons. The van der Waals surface area contributed by atoms with Gasteiger partial charge in [0.05, 0.1) is 39.1 Å². The number of nitrogens with two attached hydrogens (primary N) is 3. The van der Waals surface area contributed by atoms with Crippen LogP contribution in [0.1, 0.15) is 36.9 Å². The highest BCUT2D eigenvalue weighted by atomic mass is 31.2. The van der Waals surface area contributed by atoms with E-state index < -0.39 is 185 Å². The fourth-order valence-corrected chi connectivity index (χ4v) is 12.7. The quantitative estimate of drug-likeness (QED) is 0.0283. The number of nitrogens with one attached hydrogen (secondary N) is 2. The first kappa shape index (κ1) is 63.0. The lowest BCUT2D eigenvalue weighted by Gasteiger charge is -2.26. The van der Waals surface area contributed by atoms with Crippen molar-refractivity contribution in [1.29, 1.82) is 0 Å². The summed E-state index contributed by atoms with van der Waals surface area (Å²) in [7, 11) is -22.1. The number of aliphatic hydroxyl groups excluding tert-OH is 4. The molecule has 6 aromatic heterocycles. The number of rotatable bonds is 22. The zero-order chi connectivity index (χ0) is 62.1. The number of H-pyrrole nitrogens is 2. The average Bonchev–Trinajstić information content (AvgIpc) is 1.97.